The largest absolute Gasteiger partial charge is 0.349 e. The molecule has 2 rings (SSSR count). The number of amides is 1. The minimum atomic E-state index is 0.112. The van der Waals surface area contributed by atoms with Gasteiger partial charge < -0.3 is 5.32 Å². The maximum Gasteiger partial charge on any atom is 0.261 e. The fraction of sp³-hybridized carbons (Fsp3) is 0.667. The lowest BCUT2D eigenvalue weighted by atomic mass is 10.00. The van der Waals surface area contributed by atoms with E-state index in [1.807, 2.05) is 0 Å². The maximum atomic E-state index is 12.1. The summed E-state index contributed by atoms with van der Waals surface area (Å²) < 4.78 is 0. The molecule has 0 aliphatic heterocycles. The van der Waals surface area contributed by atoms with Gasteiger partial charge in [0.25, 0.3) is 5.91 Å². The van der Waals surface area contributed by atoms with Gasteiger partial charge in [-0.25, -0.2) is 0 Å². The molecule has 100 valence electrons. The Bertz CT molecular complexity index is 385. The van der Waals surface area contributed by atoms with Crippen molar-refractivity contribution in [1.29, 1.82) is 0 Å². The van der Waals surface area contributed by atoms with Gasteiger partial charge in [0.15, 0.2) is 0 Å². The number of aryl methyl sites for hydroxylation is 2. The molecule has 1 amide bonds. The van der Waals surface area contributed by atoms with E-state index in [0.29, 0.717) is 0 Å². The Kier molecular flexibility index (Phi) is 4.81. The van der Waals surface area contributed by atoms with Crippen LogP contribution in [0.15, 0.2) is 6.07 Å². The van der Waals surface area contributed by atoms with E-state index in [-0.39, 0.29) is 11.9 Å². The van der Waals surface area contributed by atoms with E-state index < -0.39 is 0 Å². The fourth-order valence-electron chi connectivity index (χ4n) is 2.35. The summed E-state index contributed by atoms with van der Waals surface area (Å²) in [7, 11) is 0. The van der Waals surface area contributed by atoms with Gasteiger partial charge in [-0.2, -0.15) is 0 Å². The number of hydrogen-bond donors (Lipinski definition) is 1. The van der Waals surface area contributed by atoms with E-state index in [1.54, 1.807) is 11.3 Å². The molecule has 1 heterocycles. The van der Waals surface area contributed by atoms with Gasteiger partial charge in [0.05, 0.1) is 4.88 Å². The summed E-state index contributed by atoms with van der Waals surface area (Å²) in [5.74, 6) is 0.112. The SMILES string of the molecule is CCC(C)NC(=O)c1cc2c(s1)CCCCCC2. The summed E-state index contributed by atoms with van der Waals surface area (Å²) in [5, 5.41) is 3.06. The third-order valence-corrected chi connectivity index (χ3v) is 4.95. The van der Waals surface area contributed by atoms with E-state index in [9.17, 15) is 4.79 Å². The molecule has 0 bridgehead atoms. The van der Waals surface area contributed by atoms with Gasteiger partial charge in [0, 0.05) is 10.9 Å². The Labute approximate surface area is 114 Å². The average Bonchev–Trinajstić information content (AvgIpc) is 2.71. The fourth-order valence-corrected chi connectivity index (χ4v) is 3.51. The van der Waals surface area contributed by atoms with Crippen molar-refractivity contribution >= 4 is 17.2 Å². The van der Waals surface area contributed by atoms with Crippen LogP contribution in [0.4, 0.5) is 0 Å². The first-order chi connectivity index (χ1) is 8.70. The summed E-state index contributed by atoms with van der Waals surface area (Å²) >= 11 is 1.71. The Morgan fingerprint density at radius 2 is 2.06 bits per heavy atom. The molecule has 1 N–H and O–H groups in total. The van der Waals surface area contributed by atoms with Crippen molar-refractivity contribution in [3.63, 3.8) is 0 Å². The second kappa shape index (κ2) is 6.37. The Balaban J connectivity index is 2.09. The van der Waals surface area contributed by atoms with Gasteiger partial charge in [0.2, 0.25) is 0 Å². The number of carbonyl (C=O) groups excluding carboxylic acids is 1. The van der Waals surface area contributed by atoms with Crippen LogP contribution in [-0.4, -0.2) is 11.9 Å². The lowest BCUT2D eigenvalue weighted by Crippen LogP contribution is -2.31. The quantitative estimate of drug-likeness (QED) is 0.881. The Morgan fingerprint density at radius 1 is 1.33 bits per heavy atom. The highest BCUT2D eigenvalue weighted by atomic mass is 32.1. The molecule has 3 heteroatoms. The number of rotatable bonds is 3. The third-order valence-electron chi connectivity index (χ3n) is 3.71. The molecule has 0 spiro atoms. The van der Waals surface area contributed by atoms with E-state index in [4.69, 9.17) is 0 Å². The first kappa shape index (κ1) is 13.6. The van der Waals surface area contributed by atoms with Crippen LogP contribution in [-0.2, 0) is 12.8 Å². The van der Waals surface area contributed by atoms with Crippen LogP contribution in [0, 0.1) is 0 Å². The molecule has 18 heavy (non-hydrogen) atoms. The highest BCUT2D eigenvalue weighted by Crippen LogP contribution is 2.28. The first-order valence-corrected chi connectivity index (χ1v) is 7.94. The molecule has 1 atom stereocenters. The third kappa shape index (κ3) is 3.35. The van der Waals surface area contributed by atoms with Gasteiger partial charge in [-0.3, -0.25) is 4.79 Å². The molecule has 2 nitrogen and oxygen atoms in total. The number of hydrogen-bond acceptors (Lipinski definition) is 2. The lowest BCUT2D eigenvalue weighted by Gasteiger charge is -2.09. The van der Waals surface area contributed by atoms with Crippen LogP contribution in [0.1, 0.15) is 66.1 Å². The lowest BCUT2D eigenvalue weighted by molar-refractivity contribution is 0.0943. The molecule has 1 aromatic rings. The van der Waals surface area contributed by atoms with E-state index >= 15 is 0 Å². The monoisotopic (exact) mass is 265 g/mol. The molecule has 1 unspecified atom stereocenters. The van der Waals surface area contributed by atoms with Gasteiger partial charge in [-0.15, -0.1) is 11.3 Å². The van der Waals surface area contributed by atoms with Crippen molar-refractivity contribution in [2.24, 2.45) is 0 Å². The summed E-state index contributed by atoms with van der Waals surface area (Å²) in [6, 6.07) is 2.39. The van der Waals surface area contributed by atoms with E-state index in [1.165, 1.54) is 36.1 Å². The van der Waals surface area contributed by atoms with E-state index in [0.717, 1.165) is 24.1 Å². The number of nitrogens with one attached hydrogen (secondary N) is 1. The van der Waals surface area contributed by atoms with Crippen molar-refractivity contribution < 1.29 is 4.79 Å². The topological polar surface area (TPSA) is 29.1 Å². The smallest absolute Gasteiger partial charge is 0.261 e. The van der Waals surface area contributed by atoms with Crippen molar-refractivity contribution in [2.75, 3.05) is 0 Å². The second-order valence-electron chi connectivity index (χ2n) is 5.26. The van der Waals surface area contributed by atoms with Gasteiger partial charge >= 0.3 is 0 Å². The molecule has 0 saturated heterocycles. The first-order valence-electron chi connectivity index (χ1n) is 7.13. The van der Waals surface area contributed by atoms with Crippen LogP contribution < -0.4 is 5.32 Å². The Hall–Kier alpha value is -0.830. The predicted molar refractivity (Wildman–Crippen MR) is 77.4 cm³/mol. The van der Waals surface area contributed by atoms with Crippen molar-refractivity contribution in [1.82, 2.24) is 5.32 Å². The summed E-state index contributed by atoms with van der Waals surface area (Å²) in [6.07, 6.45) is 8.53. The van der Waals surface area contributed by atoms with E-state index in [2.05, 4.69) is 25.2 Å². The second-order valence-corrected chi connectivity index (χ2v) is 6.39. The van der Waals surface area contributed by atoms with Gasteiger partial charge in [0.1, 0.15) is 0 Å². The van der Waals surface area contributed by atoms with Crippen molar-refractivity contribution in [3.8, 4) is 0 Å². The zero-order valence-corrected chi connectivity index (χ0v) is 12.2. The van der Waals surface area contributed by atoms with Crippen LogP contribution in [0.2, 0.25) is 0 Å². The van der Waals surface area contributed by atoms with Crippen molar-refractivity contribution in [2.45, 2.75) is 64.8 Å². The number of thiophene rings is 1. The normalized spacial score (nSPS) is 17.4. The van der Waals surface area contributed by atoms with Gasteiger partial charge in [-0.1, -0.05) is 19.8 Å². The standard InChI is InChI=1S/C15H23NOS/c1-3-11(2)16-15(17)14-10-12-8-6-4-5-7-9-13(12)18-14/h10-11H,3-9H2,1-2H3,(H,16,17). The molecule has 1 aliphatic rings. The summed E-state index contributed by atoms with van der Waals surface area (Å²) in [6.45, 7) is 4.15. The summed E-state index contributed by atoms with van der Waals surface area (Å²) in [4.78, 5) is 14.5. The van der Waals surface area contributed by atoms with Crippen LogP contribution >= 0.6 is 11.3 Å². The molecule has 1 aliphatic carbocycles. The Morgan fingerprint density at radius 3 is 2.78 bits per heavy atom. The van der Waals surface area contributed by atoms with Gasteiger partial charge in [-0.05, 0) is 50.7 Å². The molecule has 0 fully saturated rings. The number of fused-ring (bicyclic) bond motifs is 1. The molecule has 1 aromatic heterocycles. The summed E-state index contributed by atoms with van der Waals surface area (Å²) in [5.41, 5.74) is 1.43. The van der Waals surface area contributed by atoms with Crippen molar-refractivity contribution in [3.05, 3.63) is 21.4 Å². The molecule has 0 aromatic carbocycles. The highest BCUT2D eigenvalue weighted by Gasteiger charge is 2.16. The minimum Gasteiger partial charge on any atom is -0.349 e. The zero-order valence-electron chi connectivity index (χ0n) is 11.4. The van der Waals surface area contributed by atoms with Crippen LogP contribution in [0.25, 0.3) is 0 Å². The molecular formula is C15H23NOS. The number of carbonyl (C=O) groups is 1. The zero-order chi connectivity index (χ0) is 13.0. The molecular weight excluding hydrogens is 242 g/mol. The maximum absolute atomic E-state index is 12.1. The minimum absolute atomic E-state index is 0.112. The highest BCUT2D eigenvalue weighted by molar-refractivity contribution is 7.14. The molecule has 0 saturated carbocycles. The van der Waals surface area contributed by atoms with Crippen LogP contribution in [0.5, 0.6) is 0 Å². The average molecular weight is 265 g/mol. The van der Waals surface area contributed by atoms with Crippen LogP contribution in [0.3, 0.4) is 0 Å². The predicted octanol–water partition coefficient (Wildman–Crippen LogP) is 3.94. The molecule has 0 radical (unpaired) electrons.